The number of anilines is 1. The van der Waals surface area contributed by atoms with Crippen molar-refractivity contribution in [2.75, 3.05) is 5.32 Å². The SMILES string of the molecule is Cc1ccc(-c2nnc(NC(=O)c3ccc(C(=O)c4ccccc4)cc3)o2)cc1. The van der Waals surface area contributed by atoms with Gasteiger partial charge in [-0.1, -0.05) is 65.3 Å². The first-order valence-electron chi connectivity index (χ1n) is 9.02. The zero-order valence-corrected chi connectivity index (χ0v) is 15.6. The van der Waals surface area contributed by atoms with Crippen molar-refractivity contribution in [1.82, 2.24) is 10.2 Å². The maximum Gasteiger partial charge on any atom is 0.322 e. The van der Waals surface area contributed by atoms with Gasteiger partial charge in [0.05, 0.1) is 0 Å². The van der Waals surface area contributed by atoms with Gasteiger partial charge in [-0.25, -0.2) is 0 Å². The topological polar surface area (TPSA) is 85.1 Å². The molecule has 0 saturated heterocycles. The molecule has 0 atom stereocenters. The van der Waals surface area contributed by atoms with Gasteiger partial charge < -0.3 is 4.42 Å². The Bertz CT molecular complexity index is 1150. The Balaban J connectivity index is 1.45. The fourth-order valence-corrected chi connectivity index (χ4v) is 2.78. The summed E-state index contributed by atoms with van der Waals surface area (Å²) in [5.74, 6) is -0.177. The molecule has 1 heterocycles. The van der Waals surface area contributed by atoms with Crippen LogP contribution in [0.1, 0.15) is 31.8 Å². The molecule has 1 aromatic heterocycles. The van der Waals surface area contributed by atoms with Gasteiger partial charge in [-0.15, -0.1) is 5.10 Å². The number of hydrogen-bond donors (Lipinski definition) is 1. The second-order valence-corrected chi connectivity index (χ2v) is 6.51. The molecule has 29 heavy (non-hydrogen) atoms. The fourth-order valence-electron chi connectivity index (χ4n) is 2.78. The van der Waals surface area contributed by atoms with Gasteiger partial charge in [0, 0.05) is 22.3 Å². The van der Waals surface area contributed by atoms with Gasteiger partial charge in [0.25, 0.3) is 5.91 Å². The predicted octanol–water partition coefficient (Wildman–Crippen LogP) is 4.53. The van der Waals surface area contributed by atoms with Crippen molar-refractivity contribution in [2.24, 2.45) is 0 Å². The third kappa shape index (κ3) is 4.11. The van der Waals surface area contributed by atoms with Gasteiger partial charge in [0.2, 0.25) is 5.89 Å². The molecule has 1 N–H and O–H groups in total. The Labute approximate surface area is 167 Å². The second kappa shape index (κ2) is 7.90. The molecule has 0 fully saturated rings. The zero-order chi connectivity index (χ0) is 20.2. The number of carbonyl (C=O) groups is 2. The van der Waals surface area contributed by atoms with Crippen molar-refractivity contribution in [3.63, 3.8) is 0 Å². The van der Waals surface area contributed by atoms with E-state index in [0.29, 0.717) is 22.6 Å². The fraction of sp³-hybridized carbons (Fsp3) is 0.0435. The summed E-state index contributed by atoms with van der Waals surface area (Å²) in [5, 5.41) is 10.4. The van der Waals surface area contributed by atoms with E-state index >= 15 is 0 Å². The normalized spacial score (nSPS) is 10.5. The molecular formula is C23H17N3O3. The van der Waals surface area contributed by atoms with Crippen molar-refractivity contribution >= 4 is 17.7 Å². The number of aromatic nitrogens is 2. The second-order valence-electron chi connectivity index (χ2n) is 6.51. The Kier molecular flexibility index (Phi) is 4.99. The van der Waals surface area contributed by atoms with Gasteiger partial charge in [-0.2, -0.15) is 0 Å². The first-order chi connectivity index (χ1) is 14.1. The molecule has 4 aromatic rings. The molecule has 0 aliphatic rings. The van der Waals surface area contributed by atoms with Crippen molar-refractivity contribution in [1.29, 1.82) is 0 Å². The van der Waals surface area contributed by atoms with Crippen LogP contribution in [0.4, 0.5) is 6.01 Å². The van der Waals surface area contributed by atoms with Crippen LogP contribution in [0.25, 0.3) is 11.5 Å². The molecule has 0 aliphatic heterocycles. The average molecular weight is 383 g/mol. The van der Waals surface area contributed by atoms with Crippen LogP contribution in [-0.2, 0) is 0 Å². The van der Waals surface area contributed by atoms with Crippen LogP contribution in [-0.4, -0.2) is 21.9 Å². The number of aryl methyl sites for hydroxylation is 1. The molecule has 4 rings (SSSR count). The number of nitrogens with one attached hydrogen (secondary N) is 1. The highest BCUT2D eigenvalue weighted by atomic mass is 16.4. The lowest BCUT2D eigenvalue weighted by Gasteiger charge is -2.04. The number of hydrogen-bond acceptors (Lipinski definition) is 5. The van der Waals surface area contributed by atoms with Gasteiger partial charge in [-0.05, 0) is 31.2 Å². The number of carbonyl (C=O) groups excluding carboxylic acids is 2. The highest BCUT2D eigenvalue weighted by Crippen LogP contribution is 2.20. The van der Waals surface area contributed by atoms with E-state index in [4.69, 9.17) is 4.42 Å². The van der Waals surface area contributed by atoms with E-state index in [1.807, 2.05) is 49.4 Å². The Morgan fingerprint density at radius 3 is 2.07 bits per heavy atom. The quantitative estimate of drug-likeness (QED) is 0.512. The molecule has 0 radical (unpaired) electrons. The highest BCUT2D eigenvalue weighted by molar-refractivity contribution is 6.10. The Hall–Kier alpha value is -4.06. The molecular weight excluding hydrogens is 366 g/mol. The molecule has 0 unspecified atom stereocenters. The van der Waals surface area contributed by atoms with Crippen LogP contribution in [0, 0.1) is 6.92 Å². The van der Waals surface area contributed by atoms with Crippen LogP contribution in [0.5, 0.6) is 0 Å². The molecule has 0 spiro atoms. The van der Waals surface area contributed by atoms with E-state index in [1.54, 1.807) is 36.4 Å². The Morgan fingerprint density at radius 2 is 1.38 bits per heavy atom. The van der Waals surface area contributed by atoms with E-state index in [-0.39, 0.29) is 11.8 Å². The number of ketones is 1. The minimum absolute atomic E-state index is 0.00927. The lowest BCUT2D eigenvalue weighted by molar-refractivity contribution is 0.101. The van der Waals surface area contributed by atoms with Crippen molar-refractivity contribution in [3.8, 4) is 11.5 Å². The van der Waals surface area contributed by atoms with Gasteiger partial charge >= 0.3 is 6.01 Å². The summed E-state index contributed by atoms with van der Waals surface area (Å²) in [5.41, 5.74) is 3.37. The molecule has 3 aromatic carbocycles. The molecule has 0 bridgehead atoms. The summed E-state index contributed by atoms with van der Waals surface area (Å²) < 4.78 is 5.51. The highest BCUT2D eigenvalue weighted by Gasteiger charge is 2.14. The standard InChI is InChI=1S/C23H17N3O3/c1-15-7-9-19(10-8-15)22-25-26-23(29-22)24-21(28)18-13-11-17(12-14-18)20(27)16-5-3-2-4-6-16/h2-14H,1H3,(H,24,26,28). The van der Waals surface area contributed by atoms with Gasteiger partial charge in [0.1, 0.15) is 0 Å². The van der Waals surface area contributed by atoms with Gasteiger partial charge in [0.15, 0.2) is 5.78 Å². The summed E-state index contributed by atoms with van der Waals surface area (Å²) in [6.07, 6.45) is 0. The maximum absolute atomic E-state index is 12.4. The first-order valence-corrected chi connectivity index (χ1v) is 9.02. The van der Waals surface area contributed by atoms with Crippen molar-refractivity contribution < 1.29 is 14.0 Å². The van der Waals surface area contributed by atoms with Crippen molar-refractivity contribution in [2.45, 2.75) is 6.92 Å². The molecule has 0 aliphatic carbocycles. The first kappa shape index (κ1) is 18.3. The van der Waals surface area contributed by atoms with E-state index in [2.05, 4.69) is 15.5 Å². The summed E-state index contributed by atoms with van der Waals surface area (Å²) in [7, 11) is 0. The zero-order valence-electron chi connectivity index (χ0n) is 15.6. The molecule has 6 heteroatoms. The van der Waals surface area contributed by atoms with Gasteiger partial charge in [-0.3, -0.25) is 14.9 Å². The van der Waals surface area contributed by atoms with Crippen LogP contribution in [0.15, 0.2) is 83.3 Å². The monoisotopic (exact) mass is 383 g/mol. The van der Waals surface area contributed by atoms with E-state index < -0.39 is 5.91 Å². The van der Waals surface area contributed by atoms with E-state index in [9.17, 15) is 9.59 Å². The Morgan fingerprint density at radius 1 is 0.759 bits per heavy atom. The van der Waals surface area contributed by atoms with Crippen LogP contribution < -0.4 is 5.32 Å². The summed E-state index contributed by atoms with van der Waals surface area (Å²) in [4.78, 5) is 24.9. The molecule has 6 nitrogen and oxygen atoms in total. The minimum atomic E-state index is -0.400. The number of rotatable bonds is 5. The molecule has 142 valence electrons. The third-order valence-electron chi connectivity index (χ3n) is 4.39. The maximum atomic E-state index is 12.4. The largest absolute Gasteiger partial charge is 0.403 e. The van der Waals surface area contributed by atoms with Crippen LogP contribution >= 0.6 is 0 Å². The number of benzene rings is 3. The summed E-state index contributed by atoms with van der Waals surface area (Å²) >= 11 is 0. The van der Waals surface area contributed by atoms with E-state index in [1.165, 1.54) is 0 Å². The van der Waals surface area contributed by atoms with Crippen molar-refractivity contribution in [3.05, 3.63) is 101 Å². The average Bonchev–Trinajstić information content (AvgIpc) is 3.23. The molecule has 0 saturated carbocycles. The lowest BCUT2D eigenvalue weighted by atomic mass is 10.0. The lowest BCUT2D eigenvalue weighted by Crippen LogP contribution is -2.12. The number of nitrogens with zero attached hydrogens (tertiary/aromatic N) is 2. The predicted molar refractivity (Wildman–Crippen MR) is 109 cm³/mol. The smallest absolute Gasteiger partial charge is 0.322 e. The molecule has 1 amide bonds. The van der Waals surface area contributed by atoms with E-state index in [0.717, 1.165) is 11.1 Å². The summed E-state index contributed by atoms with van der Waals surface area (Å²) in [6.45, 7) is 1.99. The van der Waals surface area contributed by atoms with Crippen LogP contribution in [0.2, 0.25) is 0 Å². The third-order valence-corrected chi connectivity index (χ3v) is 4.39. The van der Waals surface area contributed by atoms with Crippen LogP contribution in [0.3, 0.4) is 0 Å². The number of amides is 1. The minimum Gasteiger partial charge on any atom is -0.403 e. The summed E-state index contributed by atoms with van der Waals surface area (Å²) in [6, 6.07) is 23.0.